The number of sulfonamides is 1. The van der Waals surface area contributed by atoms with Crippen LogP contribution in [0.2, 0.25) is 0 Å². The number of anilines is 1. The average molecular weight is 368 g/mol. The van der Waals surface area contributed by atoms with Gasteiger partial charge in [0.25, 0.3) is 0 Å². The number of amides is 1. The fourth-order valence-corrected chi connectivity index (χ4v) is 4.34. The molecule has 0 aromatic heterocycles. The van der Waals surface area contributed by atoms with Gasteiger partial charge in [-0.3, -0.25) is 9.10 Å². The van der Waals surface area contributed by atoms with Crippen LogP contribution in [0.25, 0.3) is 0 Å². The van der Waals surface area contributed by atoms with Crippen molar-refractivity contribution >= 4 is 21.6 Å². The van der Waals surface area contributed by atoms with E-state index in [-0.39, 0.29) is 5.91 Å². The third-order valence-corrected chi connectivity index (χ3v) is 5.77. The molecule has 1 amide bonds. The van der Waals surface area contributed by atoms with E-state index in [9.17, 15) is 13.2 Å². The molecule has 1 atom stereocenters. The molecule has 1 N–H and O–H groups in total. The first-order chi connectivity index (χ1) is 11.8. The van der Waals surface area contributed by atoms with E-state index in [1.54, 1.807) is 19.1 Å². The maximum absolute atomic E-state index is 12.4. The normalized spacial score (nSPS) is 16.6. The number of nitrogens with one attached hydrogen (secondary N) is 1. The van der Waals surface area contributed by atoms with Gasteiger partial charge in [0.2, 0.25) is 15.9 Å². The molecule has 2 rings (SSSR count). The summed E-state index contributed by atoms with van der Waals surface area (Å²) in [5, 5.41) is 2.87. The van der Waals surface area contributed by atoms with Crippen LogP contribution < -0.4 is 9.62 Å². The standard InChI is InChI=1S/C18H29N3O3S/c1-15-7-9-17(10-8-15)21(25(3,23)24)16(2)18(22)19-11-6-14-20-12-4-5-13-20/h7-10,16H,4-6,11-14H2,1-3H3,(H,19,22)/t16-/m1/s1. The Morgan fingerprint density at radius 2 is 1.84 bits per heavy atom. The lowest BCUT2D eigenvalue weighted by atomic mass is 10.2. The maximum atomic E-state index is 12.4. The van der Waals surface area contributed by atoms with Crippen molar-refractivity contribution in [1.82, 2.24) is 10.2 Å². The Labute approximate surface area is 151 Å². The van der Waals surface area contributed by atoms with Gasteiger partial charge in [-0.05, 0) is 64.9 Å². The minimum atomic E-state index is -3.55. The maximum Gasteiger partial charge on any atom is 0.243 e. The van der Waals surface area contributed by atoms with Crippen molar-refractivity contribution in [3.05, 3.63) is 29.8 Å². The third kappa shape index (κ3) is 5.71. The Bertz CT molecular complexity index is 667. The number of carbonyl (C=O) groups is 1. The largest absolute Gasteiger partial charge is 0.354 e. The van der Waals surface area contributed by atoms with Crippen LogP contribution in [0.15, 0.2) is 24.3 Å². The Morgan fingerprint density at radius 1 is 1.24 bits per heavy atom. The summed E-state index contributed by atoms with van der Waals surface area (Å²) >= 11 is 0. The van der Waals surface area contributed by atoms with Gasteiger partial charge in [0.05, 0.1) is 11.9 Å². The summed E-state index contributed by atoms with van der Waals surface area (Å²) in [6, 6.07) is 6.35. The molecule has 1 heterocycles. The summed E-state index contributed by atoms with van der Waals surface area (Å²) in [6.07, 6.45) is 4.51. The van der Waals surface area contributed by atoms with Crippen LogP contribution in [-0.4, -0.2) is 57.7 Å². The second kappa shape index (κ2) is 8.67. The quantitative estimate of drug-likeness (QED) is 0.711. The number of rotatable bonds is 8. The molecule has 1 aliphatic rings. The van der Waals surface area contributed by atoms with E-state index in [1.807, 2.05) is 19.1 Å². The highest BCUT2D eigenvalue weighted by molar-refractivity contribution is 7.92. The summed E-state index contributed by atoms with van der Waals surface area (Å²) in [5.41, 5.74) is 1.55. The molecule has 6 nitrogen and oxygen atoms in total. The minimum absolute atomic E-state index is 0.271. The predicted octanol–water partition coefficient (Wildman–Crippen LogP) is 1.75. The van der Waals surface area contributed by atoms with E-state index in [1.165, 1.54) is 17.1 Å². The molecule has 0 bridgehead atoms. The van der Waals surface area contributed by atoms with Crippen LogP contribution in [0.3, 0.4) is 0 Å². The molecule has 1 fully saturated rings. The molecule has 0 spiro atoms. The average Bonchev–Trinajstić information content (AvgIpc) is 3.05. The SMILES string of the molecule is Cc1ccc(N([C@H](C)C(=O)NCCCN2CCCC2)S(C)(=O)=O)cc1. The number of carbonyl (C=O) groups excluding carboxylic acids is 1. The summed E-state index contributed by atoms with van der Waals surface area (Å²) < 4.78 is 25.6. The number of aryl methyl sites for hydroxylation is 1. The first kappa shape index (κ1) is 19.7. The molecule has 25 heavy (non-hydrogen) atoms. The minimum Gasteiger partial charge on any atom is -0.354 e. The van der Waals surface area contributed by atoms with Gasteiger partial charge in [0, 0.05) is 6.54 Å². The van der Waals surface area contributed by atoms with Crippen molar-refractivity contribution in [2.24, 2.45) is 0 Å². The first-order valence-corrected chi connectivity index (χ1v) is 10.7. The van der Waals surface area contributed by atoms with Gasteiger partial charge in [-0.15, -0.1) is 0 Å². The smallest absolute Gasteiger partial charge is 0.243 e. The second-order valence-corrected chi connectivity index (χ2v) is 8.62. The topological polar surface area (TPSA) is 69.7 Å². The van der Waals surface area contributed by atoms with Gasteiger partial charge in [0.1, 0.15) is 6.04 Å². The van der Waals surface area contributed by atoms with Crippen molar-refractivity contribution in [2.45, 2.75) is 39.2 Å². The van der Waals surface area contributed by atoms with Gasteiger partial charge >= 0.3 is 0 Å². The molecule has 1 saturated heterocycles. The van der Waals surface area contributed by atoms with Crippen LogP contribution in [0, 0.1) is 6.92 Å². The Kier molecular flexibility index (Phi) is 6.84. The van der Waals surface area contributed by atoms with E-state index in [0.29, 0.717) is 12.2 Å². The molecule has 1 aromatic rings. The van der Waals surface area contributed by atoms with Gasteiger partial charge in [0.15, 0.2) is 0 Å². The molecule has 1 aliphatic heterocycles. The van der Waals surface area contributed by atoms with E-state index in [4.69, 9.17) is 0 Å². The zero-order valence-electron chi connectivity index (χ0n) is 15.4. The molecule has 0 unspecified atom stereocenters. The number of benzene rings is 1. The van der Waals surface area contributed by atoms with Crippen molar-refractivity contribution in [1.29, 1.82) is 0 Å². The lowest BCUT2D eigenvalue weighted by molar-refractivity contribution is -0.121. The molecule has 140 valence electrons. The summed E-state index contributed by atoms with van der Waals surface area (Å²) in [4.78, 5) is 14.8. The van der Waals surface area contributed by atoms with Crippen molar-refractivity contribution in [3.8, 4) is 0 Å². The summed E-state index contributed by atoms with van der Waals surface area (Å²) in [6.45, 7) is 7.37. The number of hydrogen-bond acceptors (Lipinski definition) is 4. The van der Waals surface area contributed by atoms with Crippen LogP contribution in [-0.2, 0) is 14.8 Å². The zero-order chi connectivity index (χ0) is 18.4. The second-order valence-electron chi connectivity index (χ2n) is 6.76. The molecular formula is C18H29N3O3S. The Balaban J connectivity index is 1.94. The van der Waals surface area contributed by atoms with Crippen LogP contribution in [0.5, 0.6) is 0 Å². The highest BCUT2D eigenvalue weighted by Crippen LogP contribution is 2.21. The highest BCUT2D eigenvalue weighted by Gasteiger charge is 2.28. The Morgan fingerprint density at radius 3 is 2.40 bits per heavy atom. The fraction of sp³-hybridized carbons (Fsp3) is 0.611. The van der Waals surface area contributed by atoms with Crippen LogP contribution >= 0.6 is 0 Å². The van der Waals surface area contributed by atoms with Crippen LogP contribution in [0.1, 0.15) is 31.7 Å². The monoisotopic (exact) mass is 367 g/mol. The molecule has 0 radical (unpaired) electrons. The molecule has 1 aromatic carbocycles. The van der Waals surface area contributed by atoms with Crippen molar-refractivity contribution in [2.75, 3.05) is 36.7 Å². The number of nitrogens with zero attached hydrogens (tertiary/aromatic N) is 2. The predicted molar refractivity (Wildman–Crippen MR) is 101 cm³/mol. The number of likely N-dealkylation sites (tertiary alicyclic amines) is 1. The van der Waals surface area contributed by atoms with E-state index in [0.717, 1.165) is 37.9 Å². The molecule has 0 aliphatic carbocycles. The first-order valence-electron chi connectivity index (χ1n) is 8.85. The molecule has 7 heteroatoms. The third-order valence-electron chi connectivity index (χ3n) is 4.53. The van der Waals surface area contributed by atoms with E-state index >= 15 is 0 Å². The van der Waals surface area contributed by atoms with Crippen molar-refractivity contribution in [3.63, 3.8) is 0 Å². The van der Waals surface area contributed by atoms with Gasteiger partial charge in [-0.25, -0.2) is 8.42 Å². The Hall–Kier alpha value is -1.60. The number of hydrogen-bond donors (Lipinski definition) is 1. The van der Waals surface area contributed by atoms with Gasteiger partial charge in [-0.2, -0.15) is 0 Å². The molecular weight excluding hydrogens is 338 g/mol. The van der Waals surface area contributed by atoms with E-state index in [2.05, 4.69) is 10.2 Å². The summed E-state index contributed by atoms with van der Waals surface area (Å²) in [7, 11) is -3.55. The highest BCUT2D eigenvalue weighted by atomic mass is 32.2. The fourth-order valence-electron chi connectivity index (χ4n) is 3.17. The van der Waals surface area contributed by atoms with Gasteiger partial charge < -0.3 is 10.2 Å². The van der Waals surface area contributed by atoms with Gasteiger partial charge in [-0.1, -0.05) is 17.7 Å². The van der Waals surface area contributed by atoms with Crippen molar-refractivity contribution < 1.29 is 13.2 Å². The van der Waals surface area contributed by atoms with Crippen LogP contribution in [0.4, 0.5) is 5.69 Å². The summed E-state index contributed by atoms with van der Waals surface area (Å²) in [5.74, 6) is -0.271. The zero-order valence-corrected chi connectivity index (χ0v) is 16.2. The lowest BCUT2D eigenvalue weighted by Crippen LogP contribution is -2.48. The lowest BCUT2D eigenvalue weighted by Gasteiger charge is -2.28. The molecule has 0 saturated carbocycles. The van der Waals surface area contributed by atoms with E-state index < -0.39 is 16.1 Å².